The van der Waals surface area contributed by atoms with Crippen LogP contribution in [-0.2, 0) is 0 Å². The zero-order valence-corrected chi connectivity index (χ0v) is 12.1. The molecule has 2 aromatic rings. The summed E-state index contributed by atoms with van der Waals surface area (Å²) in [5, 5.41) is 8.43. The Morgan fingerprint density at radius 1 is 1.44 bits per heavy atom. The molecular formula is C13H19N3OS. The zero-order chi connectivity index (χ0) is 13.1. The van der Waals surface area contributed by atoms with Crippen molar-refractivity contribution < 1.29 is 4.52 Å². The molecule has 1 N–H and O–H groups in total. The molecule has 2 heterocycles. The van der Waals surface area contributed by atoms with E-state index in [1.807, 2.05) is 20.0 Å². The van der Waals surface area contributed by atoms with E-state index in [-0.39, 0.29) is 0 Å². The first-order valence-corrected chi connectivity index (χ1v) is 7.07. The average Bonchev–Trinajstić information content (AvgIpc) is 2.93. The van der Waals surface area contributed by atoms with E-state index in [4.69, 9.17) is 4.52 Å². The van der Waals surface area contributed by atoms with Crippen molar-refractivity contribution in [1.29, 1.82) is 0 Å². The lowest BCUT2D eigenvalue weighted by Gasteiger charge is -2.09. The SMILES string of the molecule is CCCNC(C)c1cnc(-c2c(C)noc2C)s1. The summed E-state index contributed by atoms with van der Waals surface area (Å²) >= 11 is 1.70. The van der Waals surface area contributed by atoms with E-state index in [0.717, 1.165) is 35.0 Å². The molecule has 98 valence electrons. The van der Waals surface area contributed by atoms with Crippen molar-refractivity contribution >= 4 is 11.3 Å². The van der Waals surface area contributed by atoms with Gasteiger partial charge in [0.25, 0.3) is 0 Å². The minimum atomic E-state index is 0.344. The smallest absolute Gasteiger partial charge is 0.144 e. The molecule has 2 aromatic heterocycles. The lowest BCUT2D eigenvalue weighted by Crippen LogP contribution is -2.18. The van der Waals surface area contributed by atoms with Gasteiger partial charge in [0.2, 0.25) is 0 Å². The standard InChI is InChI=1S/C13H19N3OS/c1-5-6-14-8(2)11-7-15-13(18-11)12-9(3)16-17-10(12)4/h7-8,14H,5-6H2,1-4H3. The minimum absolute atomic E-state index is 0.344. The van der Waals surface area contributed by atoms with Gasteiger partial charge < -0.3 is 9.84 Å². The summed E-state index contributed by atoms with van der Waals surface area (Å²) in [6.45, 7) is 9.24. The lowest BCUT2D eigenvalue weighted by atomic mass is 10.2. The van der Waals surface area contributed by atoms with Crippen molar-refractivity contribution in [2.75, 3.05) is 6.54 Å². The molecule has 0 amide bonds. The van der Waals surface area contributed by atoms with Crippen LogP contribution >= 0.6 is 11.3 Å². The molecule has 0 aliphatic carbocycles. The maximum absolute atomic E-state index is 5.19. The Labute approximate surface area is 111 Å². The number of nitrogens with one attached hydrogen (secondary N) is 1. The van der Waals surface area contributed by atoms with Gasteiger partial charge in [0, 0.05) is 17.1 Å². The van der Waals surface area contributed by atoms with E-state index in [1.54, 1.807) is 11.3 Å². The number of aryl methyl sites for hydroxylation is 2. The first kappa shape index (κ1) is 13.2. The molecule has 0 saturated carbocycles. The fourth-order valence-corrected chi connectivity index (χ4v) is 2.94. The summed E-state index contributed by atoms with van der Waals surface area (Å²) in [7, 11) is 0. The predicted molar refractivity (Wildman–Crippen MR) is 73.8 cm³/mol. The summed E-state index contributed by atoms with van der Waals surface area (Å²) < 4.78 is 5.19. The van der Waals surface area contributed by atoms with Gasteiger partial charge in [-0.2, -0.15) is 0 Å². The van der Waals surface area contributed by atoms with E-state index in [9.17, 15) is 0 Å². The van der Waals surface area contributed by atoms with Gasteiger partial charge in [0.05, 0.1) is 11.3 Å². The molecule has 0 aliphatic heterocycles. The third kappa shape index (κ3) is 2.62. The second kappa shape index (κ2) is 5.63. The van der Waals surface area contributed by atoms with E-state index in [0.29, 0.717) is 6.04 Å². The zero-order valence-electron chi connectivity index (χ0n) is 11.3. The maximum Gasteiger partial charge on any atom is 0.144 e. The van der Waals surface area contributed by atoms with Gasteiger partial charge in [-0.1, -0.05) is 12.1 Å². The molecule has 0 spiro atoms. The minimum Gasteiger partial charge on any atom is -0.361 e. The Morgan fingerprint density at radius 3 is 2.83 bits per heavy atom. The Balaban J connectivity index is 2.20. The first-order valence-electron chi connectivity index (χ1n) is 6.25. The molecule has 4 nitrogen and oxygen atoms in total. The van der Waals surface area contributed by atoms with Crippen LogP contribution in [0.25, 0.3) is 10.6 Å². The summed E-state index contributed by atoms with van der Waals surface area (Å²) in [5.74, 6) is 0.836. The second-order valence-corrected chi connectivity index (χ2v) is 5.50. The number of aromatic nitrogens is 2. The van der Waals surface area contributed by atoms with Crippen molar-refractivity contribution in [2.24, 2.45) is 0 Å². The number of nitrogens with zero attached hydrogens (tertiary/aromatic N) is 2. The highest BCUT2D eigenvalue weighted by Crippen LogP contribution is 2.32. The number of hydrogen-bond acceptors (Lipinski definition) is 5. The van der Waals surface area contributed by atoms with Crippen LogP contribution in [-0.4, -0.2) is 16.7 Å². The molecule has 0 aliphatic rings. The van der Waals surface area contributed by atoms with E-state index in [2.05, 4.69) is 29.3 Å². The first-order chi connectivity index (χ1) is 8.63. The summed E-state index contributed by atoms with van der Waals surface area (Å²) in [6.07, 6.45) is 3.08. The van der Waals surface area contributed by atoms with Gasteiger partial charge in [-0.15, -0.1) is 11.3 Å². The van der Waals surface area contributed by atoms with Crippen molar-refractivity contribution in [3.63, 3.8) is 0 Å². The van der Waals surface area contributed by atoms with Gasteiger partial charge in [0.1, 0.15) is 10.8 Å². The van der Waals surface area contributed by atoms with Gasteiger partial charge in [0.15, 0.2) is 0 Å². The molecule has 18 heavy (non-hydrogen) atoms. The topological polar surface area (TPSA) is 51.0 Å². The molecule has 0 radical (unpaired) electrons. The van der Waals surface area contributed by atoms with Crippen molar-refractivity contribution in [2.45, 2.75) is 40.2 Å². The second-order valence-electron chi connectivity index (χ2n) is 4.44. The molecule has 2 rings (SSSR count). The van der Waals surface area contributed by atoms with Gasteiger partial charge in [-0.25, -0.2) is 4.98 Å². The highest BCUT2D eigenvalue weighted by Gasteiger charge is 2.16. The van der Waals surface area contributed by atoms with Crippen LogP contribution in [0.2, 0.25) is 0 Å². The Morgan fingerprint density at radius 2 is 2.22 bits per heavy atom. The van der Waals surface area contributed by atoms with Gasteiger partial charge in [-0.05, 0) is 33.7 Å². The molecular weight excluding hydrogens is 246 g/mol. The monoisotopic (exact) mass is 265 g/mol. The number of hydrogen-bond donors (Lipinski definition) is 1. The van der Waals surface area contributed by atoms with Crippen LogP contribution in [0.3, 0.4) is 0 Å². The van der Waals surface area contributed by atoms with Crippen molar-refractivity contribution in [1.82, 2.24) is 15.5 Å². The van der Waals surface area contributed by atoms with Crippen LogP contribution in [0, 0.1) is 13.8 Å². The van der Waals surface area contributed by atoms with Gasteiger partial charge >= 0.3 is 0 Å². The predicted octanol–water partition coefficient (Wildman–Crippen LogP) is 3.48. The average molecular weight is 265 g/mol. The van der Waals surface area contributed by atoms with E-state index in [1.165, 1.54) is 4.88 Å². The third-order valence-electron chi connectivity index (χ3n) is 2.90. The molecule has 0 fully saturated rings. The highest BCUT2D eigenvalue weighted by molar-refractivity contribution is 7.15. The Bertz CT molecular complexity index is 499. The summed E-state index contributed by atoms with van der Waals surface area (Å²) in [4.78, 5) is 5.74. The van der Waals surface area contributed by atoms with Crippen LogP contribution in [0.4, 0.5) is 0 Å². The number of thiazole rings is 1. The van der Waals surface area contributed by atoms with Crippen LogP contribution in [0.1, 0.15) is 42.6 Å². The Hall–Kier alpha value is -1.20. The molecule has 1 unspecified atom stereocenters. The quantitative estimate of drug-likeness (QED) is 0.899. The van der Waals surface area contributed by atoms with Crippen molar-refractivity contribution in [3.05, 3.63) is 22.5 Å². The highest BCUT2D eigenvalue weighted by atomic mass is 32.1. The molecule has 0 saturated heterocycles. The molecule has 0 aromatic carbocycles. The summed E-state index contributed by atoms with van der Waals surface area (Å²) in [5.41, 5.74) is 1.94. The fraction of sp³-hybridized carbons (Fsp3) is 0.538. The maximum atomic E-state index is 5.19. The van der Waals surface area contributed by atoms with E-state index >= 15 is 0 Å². The summed E-state index contributed by atoms with van der Waals surface area (Å²) in [6, 6.07) is 0.344. The Kier molecular flexibility index (Phi) is 4.14. The van der Waals surface area contributed by atoms with Crippen LogP contribution in [0.15, 0.2) is 10.7 Å². The van der Waals surface area contributed by atoms with E-state index < -0.39 is 0 Å². The van der Waals surface area contributed by atoms with Crippen LogP contribution in [0.5, 0.6) is 0 Å². The molecule has 0 bridgehead atoms. The molecule has 1 atom stereocenters. The van der Waals surface area contributed by atoms with Crippen LogP contribution < -0.4 is 5.32 Å². The van der Waals surface area contributed by atoms with Gasteiger partial charge in [-0.3, -0.25) is 0 Å². The number of rotatable bonds is 5. The lowest BCUT2D eigenvalue weighted by molar-refractivity contribution is 0.393. The fourth-order valence-electron chi connectivity index (χ4n) is 1.85. The normalized spacial score (nSPS) is 12.9. The van der Waals surface area contributed by atoms with Crippen molar-refractivity contribution in [3.8, 4) is 10.6 Å². The third-order valence-corrected chi connectivity index (χ3v) is 4.10. The molecule has 5 heteroatoms. The largest absolute Gasteiger partial charge is 0.361 e.